The molecular weight excluding hydrogens is 390 g/mol. The maximum atomic E-state index is 12.7. The Morgan fingerprint density at radius 1 is 0.935 bits per heavy atom. The number of nitrogens with one attached hydrogen (secondary N) is 2. The van der Waals surface area contributed by atoms with Gasteiger partial charge >= 0.3 is 0 Å². The van der Waals surface area contributed by atoms with E-state index >= 15 is 0 Å². The van der Waals surface area contributed by atoms with Gasteiger partial charge < -0.3 is 25.0 Å². The van der Waals surface area contributed by atoms with Gasteiger partial charge in [0.15, 0.2) is 5.75 Å². The van der Waals surface area contributed by atoms with Crippen molar-refractivity contribution in [2.45, 2.75) is 13.0 Å². The van der Waals surface area contributed by atoms with Gasteiger partial charge in [0.2, 0.25) is 5.91 Å². The summed E-state index contributed by atoms with van der Waals surface area (Å²) in [4.78, 5) is 15.0. The van der Waals surface area contributed by atoms with Gasteiger partial charge in [-0.2, -0.15) is 0 Å². The fraction of sp³-hybridized carbons (Fsp3) is 0.240. The van der Waals surface area contributed by atoms with Gasteiger partial charge in [-0.1, -0.05) is 30.3 Å². The minimum Gasteiger partial charge on any atom is -0.455 e. The molecular formula is C25H27N3O3. The van der Waals surface area contributed by atoms with Crippen molar-refractivity contribution in [3.8, 4) is 11.5 Å². The molecule has 160 valence electrons. The van der Waals surface area contributed by atoms with Crippen LogP contribution in [0.4, 0.5) is 17.1 Å². The molecule has 0 radical (unpaired) electrons. The van der Waals surface area contributed by atoms with Crippen molar-refractivity contribution in [3.63, 3.8) is 0 Å². The molecule has 4 rings (SSSR count). The first-order valence-electron chi connectivity index (χ1n) is 10.5. The molecule has 3 aromatic rings. The Hall–Kier alpha value is -3.51. The summed E-state index contributed by atoms with van der Waals surface area (Å²) < 4.78 is 11.4. The minimum atomic E-state index is -0.445. The van der Waals surface area contributed by atoms with Crippen LogP contribution in [0.3, 0.4) is 0 Å². The molecule has 0 aromatic heterocycles. The fourth-order valence-corrected chi connectivity index (χ4v) is 3.42. The third-order valence-corrected chi connectivity index (χ3v) is 5.13. The Kier molecular flexibility index (Phi) is 6.69. The highest BCUT2D eigenvalue weighted by atomic mass is 16.5. The van der Waals surface area contributed by atoms with Crippen LogP contribution >= 0.6 is 0 Å². The highest BCUT2D eigenvalue weighted by Crippen LogP contribution is 2.29. The molecule has 1 amide bonds. The van der Waals surface area contributed by atoms with Crippen LogP contribution in [0.25, 0.3) is 0 Å². The van der Waals surface area contributed by atoms with Crippen molar-refractivity contribution in [2.75, 3.05) is 41.8 Å². The van der Waals surface area contributed by atoms with Crippen LogP contribution in [-0.2, 0) is 9.53 Å². The lowest BCUT2D eigenvalue weighted by molar-refractivity contribution is -0.116. The molecule has 1 aliphatic heterocycles. The maximum absolute atomic E-state index is 12.7. The second kappa shape index (κ2) is 10.00. The normalized spacial score (nSPS) is 14.5. The Bertz CT molecular complexity index is 986. The molecule has 3 aromatic carbocycles. The number of para-hydroxylation sites is 3. The third-order valence-electron chi connectivity index (χ3n) is 5.13. The Morgan fingerprint density at radius 2 is 1.61 bits per heavy atom. The quantitative estimate of drug-likeness (QED) is 0.581. The zero-order valence-corrected chi connectivity index (χ0v) is 17.6. The number of anilines is 3. The van der Waals surface area contributed by atoms with Gasteiger partial charge in [0.1, 0.15) is 11.8 Å². The summed E-state index contributed by atoms with van der Waals surface area (Å²) in [7, 11) is 0. The van der Waals surface area contributed by atoms with Crippen molar-refractivity contribution < 1.29 is 14.3 Å². The van der Waals surface area contributed by atoms with Crippen molar-refractivity contribution >= 4 is 23.0 Å². The van der Waals surface area contributed by atoms with E-state index in [0.29, 0.717) is 5.75 Å². The average molecular weight is 418 g/mol. The van der Waals surface area contributed by atoms with Crippen LogP contribution in [0.1, 0.15) is 6.92 Å². The number of rotatable bonds is 7. The number of carbonyl (C=O) groups is 1. The molecule has 6 heteroatoms. The summed E-state index contributed by atoms with van der Waals surface area (Å²) in [5, 5.41) is 6.23. The second-order valence-corrected chi connectivity index (χ2v) is 7.41. The van der Waals surface area contributed by atoms with Crippen molar-refractivity contribution in [3.05, 3.63) is 78.9 Å². The zero-order chi connectivity index (χ0) is 21.5. The Labute approximate surface area is 182 Å². The molecule has 1 heterocycles. The number of hydrogen-bond donors (Lipinski definition) is 2. The SMILES string of the molecule is C[C@@H](Nc1ccccc1Oc1ccccc1)C(=O)Nc1ccc(N2CCOCC2)cc1. The molecule has 6 nitrogen and oxygen atoms in total. The summed E-state index contributed by atoms with van der Waals surface area (Å²) in [5.41, 5.74) is 2.67. The van der Waals surface area contributed by atoms with Gasteiger partial charge in [0.05, 0.1) is 18.9 Å². The molecule has 0 aliphatic carbocycles. The third kappa shape index (κ3) is 5.55. The molecule has 0 spiro atoms. The van der Waals surface area contributed by atoms with Crippen molar-refractivity contribution in [2.24, 2.45) is 0 Å². The number of ether oxygens (including phenoxy) is 2. The molecule has 1 aliphatic rings. The largest absolute Gasteiger partial charge is 0.455 e. The van der Waals surface area contributed by atoms with Gasteiger partial charge in [-0.25, -0.2) is 0 Å². The van der Waals surface area contributed by atoms with Crippen LogP contribution in [0, 0.1) is 0 Å². The fourth-order valence-electron chi connectivity index (χ4n) is 3.42. The van der Waals surface area contributed by atoms with Crippen molar-refractivity contribution in [1.29, 1.82) is 0 Å². The van der Waals surface area contributed by atoms with E-state index in [2.05, 4.69) is 15.5 Å². The lowest BCUT2D eigenvalue weighted by Gasteiger charge is -2.29. The highest BCUT2D eigenvalue weighted by Gasteiger charge is 2.16. The van der Waals surface area contributed by atoms with E-state index in [1.807, 2.05) is 85.8 Å². The average Bonchev–Trinajstić information content (AvgIpc) is 2.82. The van der Waals surface area contributed by atoms with E-state index in [-0.39, 0.29) is 5.91 Å². The van der Waals surface area contributed by atoms with Crippen LogP contribution in [0.5, 0.6) is 11.5 Å². The van der Waals surface area contributed by atoms with Gasteiger partial charge in [-0.3, -0.25) is 4.79 Å². The number of carbonyl (C=O) groups excluding carboxylic acids is 1. The molecule has 31 heavy (non-hydrogen) atoms. The van der Waals surface area contributed by atoms with Crippen molar-refractivity contribution in [1.82, 2.24) is 0 Å². The summed E-state index contributed by atoms with van der Waals surface area (Å²) in [6, 6.07) is 24.7. The number of nitrogens with zero attached hydrogens (tertiary/aromatic N) is 1. The van der Waals surface area contributed by atoms with Gasteiger partial charge in [-0.05, 0) is 55.5 Å². The smallest absolute Gasteiger partial charge is 0.246 e. The van der Waals surface area contributed by atoms with E-state index in [1.54, 1.807) is 0 Å². The molecule has 0 saturated carbocycles. The van der Waals surface area contributed by atoms with Crippen LogP contribution in [0.15, 0.2) is 78.9 Å². The van der Waals surface area contributed by atoms with E-state index in [9.17, 15) is 4.79 Å². The van der Waals surface area contributed by atoms with Gasteiger partial charge in [0.25, 0.3) is 0 Å². The molecule has 1 atom stereocenters. The first kappa shape index (κ1) is 20.8. The number of hydrogen-bond acceptors (Lipinski definition) is 5. The summed E-state index contributed by atoms with van der Waals surface area (Å²) in [5.74, 6) is 1.30. The number of benzene rings is 3. The maximum Gasteiger partial charge on any atom is 0.246 e. The first-order valence-corrected chi connectivity index (χ1v) is 10.5. The van der Waals surface area contributed by atoms with Gasteiger partial charge in [0, 0.05) is 24.5 Å². The lowest BCUT2D eigenvalue weighted by Crippen LogP contribution is -2.36. The highest BCUT2D eigenvalue weighted by molar-refractivity contribution is 5.96. The van der Waals surface area contributed by atoms with Crippen LogP contribution < -0.4 is 20.3 Å². The van der Waals surface area contributed by atoms with E-state index in [0.717, 1.165) is 49.1 Å². The predicted molar refractivity (Wildman–Crippen MR) is 124 cm³/mol. The lowest BCUT2D eigenvalue weighted by atomic mass is 10.2. The van der Waals surface area contributed by atoms with E-state index in [4.69, 9.17) is 9.47 Å². The summed E-state index contributed by atoms with van der Waals surface area (Å²) >= 11 is 0. The zero-order valence-electron chi connectivity index (χ0n) is 17.6. The number of morpholine rings is 1. The second-order valence-electron chi connectivity index (χ2n) is 7.41. The van der Waals surface area contributed by atoms with Crippen LogP contribution in [-0.4, -0.2) is 38.3 Å². The van der Waals surface area contributed by atoms with Gasteiger partial charge in [-0.15, -0.1) is 0 Å². The Morgan fingerprint density at radius 3 is 2.35 bits per heavy atom. The Balaban J connectivity index is 1.37. The van der Waals surface area contributed by atoms with E-state index in [1.165, 1.54) is 0 Å². The molecule has 1 fully saturated rings. The number of amides is 1. The molecule has 2 N–H and O–H groups in total. The predicted octanol–water partition coefficient (Wildman–Crippen LogP) is 4.75. The minimum absolute atomic E-state index is 0.117. The monoisotopic (exact) mass is 417 g/mol. The summed E-state index contributed by atoms with van der Waals surface area (Å²) in [6.07, 6.45) is 0. The topological polar surface area (TPSA) is 62.8 Å². The van der Waals surface area contributed by atoms with E-state index < -0.39 is 6.04 Å². The first-order chi connectivity index (χ1) is 15.2. The standard InChI is InChI=1S/C25H27N3O3/c1-19(26-23-9-5-6-10-24(23)31-22-7-3-2-4-8-22)25(29)27-20-11-13-21(14-12-20)28-15-17-30-18-16-28/h2-14,19,26H,15-18H2,1H3,(H,27,29)/t19-/m1/s1. The van der Waals surface area contributed by atoms with Crippen LogP contribution in [0.2, 0.25) is 0 Å². The molecule has 0 bridgehead atoms. The molecule has 0 unspecified atom stereocenters. The summed E-state index contributed by atoms with van der Waals surface area (Å²) in [6.45, 7) is 5.10. The molecule has 1 saturated heterocycles.